The van der Waals surface area contributed by atoms with Crippen LogP contribution in [0, 0.1) is 0 Å². The maximum Gasteiger partial charge on any atom is 0.326 e. The van der Waals surface area contributed by atoms with Gasteiger partial charge in [-0.3, -0.25) is 9.69 Å². The van der Waals surface area contributed by atoms with Crippen LogP contribution in [0.15, 0.2) is 45.7 Å². The SMILES string of the molecule is COc1ccc(-c2ccc(/C=C3/SC(=S)N([C@@H](CCSC)C(=O)O)C3=O)o2)cc1. The van der Waals surface area contributed by atoms with E-state index in [-0.39, 0.29) is 4.32 Å². The molecule has 152 valence electrons. The maximum atomic E-state index is 12.8. The van der Waals surface area contributed by atoms with E-state index in [0.717, 1.165) is 23.1 Å². The first kappa shape index (κ1) is 21.5. The zero-order chi connectivity index (χ0) is 21.0. The van der Waals surface area contributed by atoms with Crippen LogP contribution in [0.4, 0.5) is 0 Å². The van der Waals surface area contributed by atoms with Crippen molar-refractivity contribution in [1.82, 2.24) is 4.90 Å². The first-order chi connectivity index (χ1) is 13.9. The van der Waals surface area contributed by atoms with Gasteiger partial charge in [0.25, 0.3) is 5.91 Å². The van der Waals surface area contributed by atoms with Gasteiger partial charge in [0, 0.05) is 11.6 Å². The van der Waals surface area contributed by atoms with E-state index in [2.05, 4.69) is 0 Å². The van der Waals surface area contributed by atoms with Gasteiger partial charge in [0.15, 0.2) is 0 Å². The molecule has 1 atom stereocenters. The van der Waals surface area contributed by atoms with Gasteiger partial charge >= 0.3 is 5.97 Å². The molecule has 1 fully saturated rings. The number of thiocarbonyl (C=S) groups is 1. The van der Waals surface area contributed by atoms with Gasteiger partial charge in [0.2, 0.25) is 0 Å². The van der Waals surface area contributed by atoms with E-state index in [1.165, 1.54) is 16.7 Å². The van der Waals surface area contributed by atoms with Crippen LogP contribution in [0.1, 0.15) is 12.2 Å². The van der Waals surface area contributed by atoms with E-state index in [9.17, 15) is 14.7 Å². The Morgan fingerprint density at radius 2 is 2.07 bits per heavy atom. The first-order valence-corrected chi connectivity index (χ1v) is 11.3. The number of rotatable bonds is 8. The molecule has 1 aromatic carbocycles. The number of hydrogen-bond donors (Lipinski definition) is 1. The second-order valence-electron chi connectivity index (χ2n) is 6.12. The highest BCUT2D eigenvalue weighted by Gasteiger charge is 2.40. The molecule has 2 aromatic rings. The van der Waals surface area contributed by atoms with Crippen LogP contribution in [-0.4, -0.2) is 51.4 Å². The van der Waals surface area contributed by atoms with Crippen LogP contribution in [0.5, 0.6) is 5.75 Å². The number of thioether (sulfide) groups is 2. The van der Waals surface area contributed by atoms with Gasteiger partial charge < -0.3 is 14.3 Å². The van der Waals surface area contributed by atoms with E-state index in [1.807, 2.05) is 36.6 Å². The molecule has 1 aromatic heterocycles. The Morgan fingerprint density at radius 1 is 1.34 bits per heavy atom. The van der Waals surface area contributed by atoms with Gasteiger partial charge in [0.05, 0.1) is 12.0 Å². The third-order valence-corrected chi connectivity index (χ3v) is 6.26. The van der Waals surface area contributed by atoms with Crippen LogP contribution < -0.4 is 4.74 Å². The first-order valence-electron chi connectivity index (χ1n) is 8.67. The molecule has 6 nitrogen and oxygen atoms in total. The summed E-state index contributed by atoms with van der Waals surface area (Å²) in [5, 5.41) is 9.52. The Balaban J connectivity index is 1.80. The molecule has 1 saturated heterocycles. The van der Waals surface area contributed by atoms with Crippen LogP contribution in [0.25, 0.3) is 17.4 Å². The summed E-state index contributed by atoms with van der Waals surface area (Å²) in [5.41, 5.74) is 0.876. The van der Waals surface area contributed by atoms with E-state index in [4.69, 9.17) is 21.4 Å². The topological polar surface area (TPSA) is 80.0 Å². The molecule has 0 radical (unpaired) electrons. The molecule has 3 rings (SSSR count). The third-order valence-electron chi connectivity index (χ3n) is 4.29. The van der Waals surface area contributed by atoms with Crippen molar-refractivity contribution in [2.45, 2.75) is 12.5 Å². The molecule has 1 aliphatic heterocycles. The van der Waals surface area contributed by atoms with Gasteiger partial charge in [-0.05, 0) is 54.8 Å². The van der Waals surface area contributed by atoms with Crippen LogP contribution in [0.2, 0.25) is 0 Å². The molecule has 1 amide bonds. The van der Waals surface area contributed by atoms with Crippen molar-refractivity contribution < 1.29 is 23.8 Å². The second kappa shape index (κ2) is 9.51. The zero-order valence-electron chi connectivity index (χ0n) is 15.8. The smallest absolute Gasteiger partial charge is 0.326 e. The van der Waals surface area contributed by atoms with Crippen LogP contribution >= 0.6 is 35.7 Å². The molecule has 0 unspecified atom stereocenters. The predicted molar refractivity (Wildman–Crippen MR) is 120 cm³/mol. The van der Waals surface area contributed by atoms with Gasteiger partial charge in [-0.15, -0.1) is 0 Å². The van der Waals surface area contributed by atoms with Crippen LogP contribution in [0.3, 0.4) is 0 Å². The fourth-order valence-electron chi connectivity index (χ4n) is 2.81. The normalized spacial score (nSPS) is 16.5. The molecular weight excluding hydrogens is 430 g/mol. The second-order valence-corrected chi connectivity index (χ2v) is 8.78. The van der Waals surface area contributed by atoms with Gasteiger partial charge in [-0.1, -0.05) is 24.0 Å². The molecule has 1 N–H and O–H groups in total. The lowest BCUT2D eigenvalue weighted by atomic mass is 10.2. The number of methoxy groups -OCH3 is 1. The monoisotopic (exact) mass is 449 g/mol. The summed E-state index contributed by atoms with van der Waals surface area (Å²) in [6.07, 6.45) is 3.82. The number of hydrogen-bond acceptors (Lipinski definition) is 7. The Morgan fingerprint density at radius 3 is 2.69 bits per heavy atom. The number of ether oxygens (including phenoxy) is 1. The quantitative estimate of drug-likeness (QED) is 0.470. The number of benzene rings is 1. The zero-order valence-corrected chi connectivity index (χ0v) is 18.2. The molecule has 2 heterocycles. The Labute approximate surface area is 182 Å². The number of carbonyl (C=O) groups excluding carboxylic acids is 1. The lowest BCUT2D eigenvalue weighted by molar-refractivity contribution is -0.145. The molecule has 0 saturated carbocycles. The summed E-state index contributed by atoms with van der Waals surface area (Å²) in [5.74, 6) is 1.05. The molecule has 29 heavy (non-hydrogen) atoms. The van der Waals surface area contributed by atoms with Gasteiger partial charge in [-0.2, -0.15) is 11.8 Å². The number of nitrogens with zero attached hydrogens (tertiary/aromatic N) is 1. The predicted octanol–water partition coefficient (Wildman–Crippen LogP) is 4.36. The van der Waals surface area contributed by atoms with E-state index >= 15 is 0 Å². The average Bonchev–Trinajstić information content (AvgIpc) is 3.28. The highest BCUT2D eigenvalue weighted by atomic mass is 32.2. The summed E-state index contributed by atoms with van der Waals surface area (Å²) >= 11 is 7.89. The van der Waals surface area contributed by atoms with Crippen LogP contribution in [-0.2, 0) is 9.59 Å². The van der Waals surface area contributed by atoms with Crippen molar-refractivity contribution in [3.05, 3.63) is 47.1 Å². The molecule has 0 spiro atoms. The van der Waals surface area contributed by atoms with Crippen molar-refractivity contribution in [2.75, 3.05) is 19.1 Å². The third kappa shape index (κ3) is 4.85. The summed E-state index contributed by atoms with van der Waals surface area (Å²) in [6.45, 7) is 0. The average molecular weight is 450 g/mol. The molecular formula is C20H19NO5S3. The Bertz CT molecular complexity index is 951. The van der Waals surface area contributed by atoms with E-state index in [0.29, 0.717) is 28.6 Å². The minimum Gasteiger partial charge on any atom is -0.497 e. The Hall–Kier alpha value is -2.23. The van der Waals surface area contributed by atoms with Crippen molar-refractivity contribution in [3.8, 4) is 17.1 Å². The molecule has 0 bridgehead atoms. The lowest BCUT2D eigenvalue weighted by Gasteiger charge is -2.22. The maximum absolute atomic E-state index is 12.8. The summed E-state index contributed by atoms with van der Waals surface area (Å²) < 4.78 is 11.2. The summed E-state index contributed by atoms with van der Waals surface area (Å²) in [7, 11) is 1.60. The van der Waals surface area contributed by atoms with Gasteiger partial charge in [0.1, 0.15) is 27.6 Å². The number of furan rings is 1. The minimum atomic E-state index is -1.06. The van der Waals surface area contributed by atoms with Crippen molar-refractivity contribution >= 4 is 58.0 Å². The van der Waals surface area contributed by atoms with Crippen molar-refractivity contribution in [1.29, 1.82) is 0 Å². The summed E-state index contributed by atoms with van der Waals surface area (Å²) in [6, 6.07) is 10.0. The van der Waals surface area contributed by atoms with E-state index < -0.39 is 17.9 Å². The summed E-state index contributed by atoms with van der Waals surface area (Å²) in [4.78, 5) is 26.0. The van der Waals surface area contributed by atoms with Crippen molar-refractivity contribution in [3.63, 3.8) is 0 Å². The highest BCUT2D eigenvalue weighted by Crippen LogP contribution is 2.35. The van der Waals surface area contributed by atoms with Gasteiger partial charge in [-0.25, -0.2) is 4.79 Å². The number of aliphatic carboxylic acids is 1. The fraction of sp³-hybridized carbons (Fsp3) is 0.250. The fourth-order valence-corrected chi connectivity index (χ4v) is 4.61. The van der Waals surface area contributed by atoms with Crippen molar-refractivity contribution in [2.24, 2.45) is 0 Å². The molecule has 0 aliphatic carbocycles. The molecule has 9 heteroatoms. The molecule has 1 aliphatic rings. The number of carboxylic acid groups (broad SMARTS) is 1. The standard InChI is InChI=1S/C20H19NO5S3/c1-25-13-5-3-12(4-6-13)16-8-7-14(26-16)11-17-18(22)21(20(27)29-17)15(19(23)24)9-10-28-2/h3-8,11,15H,9-10H2,1-2H3,(H,23,24)/b17-11+/t15-/m0/s1. The minimum absolute atomic E-state index is 0.247. The number of carboxylic acids is 1. The Kier molecular flexibility index (Phi) is 7.05. The highest BCUT2D eigenvalue weighted by molar-refractivity contribution is 8.26. The largest absolute Gasteiger partial charge is 0.497 e. The lowest BCUT2D eigenvalue weighted by Crippen LogP contribution is -2.44. The van der Waals surface area contributed by atoms with E-state index in [1.54, 1.807) is 19.3 Å². The number of amides is 1. The number of carbonyl (C=O) groups is 2.